The lowest BCUT2D eigenvalue weighted by Crippen LogP contribution is -2.36. The Hall–Kier alpha value is -2.12. The summed E-state index contributed by atoms with van der Waals surface area (Å²) >= 11 is 1.16. The van der Waals surface area contributed by atoms with Crippen LogP contribution in [-0.2, 0) is 9.53 Å². The van der Waals surface area contributed by atoms with Crippen molar-refractivity contribution in [1.29, 1.82) is 0 Å². The second-order valence-electron chi connectivity index (χ2n) is 5.50. The molecule has 2 heterocycles. The van der Waals surface area contributed by atoms with Crippen molar-refractivity contribution in [2.45, 2.75) is 17.3 Å². The molecule has 1 fully saturated rings. The quantitative estimate of drug-likeness (QED) is 0.659. The summed E-state index contributed by atoms with van der Waals surface area (Å²) in [4.78, 5) is 22.8. The van der Waals surface area contributed by atoms with Crippen molar-refractivity contribution < 1.29 is 14.6 Å². The number of benzene rings is 1. The lowest BCUT2D eigenvalue weighted by molar-refractivity contribution is -0.136. The summed E-state index contributed by atoms with van der Waals surface area (Å²) in [5.41, 5.74) is 1.55. The Bertz CT molecular complexity index is 705. The molecule has 0 aliphatic carbocycles. The molecular weight excluding hydrogens is 326 g/mol. The first-order chi connectivity index (χ1) is 11.6. The van der Waals surface area contributed by atoms with Crippen molar-refractivity contribution in [1.82, 2.24) is 9.97 Å². The minimum absolute atomic E-state index is 0.479. The molecule has 24 heavy (non-hydrogen) atoms. The predicted molar refractivity (Wildman–Crippen MR) is 92.5 cm³/mol. The number of hydrogen-bond donors (Lipinski definition) is 1. The van der Waals surface area contributed by atoms with Gasteiger partial charge >= 0.3 is 5.97 Å². The number of rotatable bonds is 5. The van der Waals surface area contributed by atoms with Gasteiger partial charge in [0.25, 0.3) is 0 Å². The number of anilines is 1. The van der Waals surface area contributed by atoms with Crippen LogP contribution in [0.3, 0.4) is 0 Å². The first-order valence-corrected chi connectivity index (χ1v) is 8.64. The molecule has 3 rings (SSSR count). The number of ether oxygens (including phenoxy) is 1. The highest BCUT2D eigenvalue weighted by molar-refractivity contribution is 8.00. The third-order valence-corrected chi connectivity index (χ3v) is 4.81. The lowest BCUT2D eigenvalue weighted by Gasteiger charge is -2.28. The van der Waals surface area contributed by atoms with E-state index in [4.69, 9.17) is 4.74 Å². The molecular formula is C17H19N3O3S. The first kappa shape index (κ1) is 16.7. The van der Waals surface area contributed by atoms with Gasteiger partial charge in [-0.2, -0.15) is 0 Å². The highest BCUT2D eigenvalue weighted by atomic mass is 32.2. The molecule has 0 radical (unpaired) electrons. The van der Waals surface area contributed by atoms with Crippen molar-refractivity contribution in [2.24, 2.45) is 0 Å². The number of carboxylic acid groups (broad SMARTS) is 1. The topological polar surface area (TPSA) is 75.5 Å². The summed E-state index contributed by atoms with van der Waals surface area (Å²) in [6.07, 6.45) is 0. The van der Waals surface area contributed by atoms with Gasteiger partial charge in [0.05, 0.1) is 13.2 Å². The number of thioether (sulfide) groups is 1. The van der Waals surface area contributed by atoms with E-state index < -0.39 is 11.2 Å². The number of nitrogens with zero attached hydrogens (tertiary/aromatic N) is 3. The zero-order chi connectivity index (χ0) is 16.9. The average Bonchev–Trinajstić information content (AvgIpc) is 2.60. The summed E-state index contributed by atoms with van der Waals surface area (Å²) in [6.45, 7) is 4.80. The van der Waals surface area contributed by atoms with E-state index in [2.05, 4.69) is 14.9 Å². The van der Waals surface area contributed by atoms with Gasteiger partial charge in [-0.15, -0.1) is 0 Å². The van der Waals surface area contributed by atoms with E-state index in [-0.39, 0.29) is 0 Å². The van der Waals surface area contributed by atoms with E-state index in [1.807, 2.05) is 43.3 Å². The van der Waals surface area contributed by atoms with Crippen LogP contribution < -0.4 is 4.90 Å². The smallest absolute Gasteiger partial charge is 0.321 e. The lowest BCUT2D eigenvalue weighted by atomic mass is 10.1. The number of carboxylic acids is 1. The predicted octanol–water partition coefficient (Wildman–Crippen LogP) is 2.54. The maximum Gasteiger partial charge on any atom is 0.321 e. The Morgan fingerprint density at radius 3 is 2.62 bits per heavy atom. The minimum atomic E-state index is -0.899. The highest BCUT2D eigenvalue weighted by Crippen LogP contribution is 2.34. The van der Waals surface area contributed by atoms with E-state index in [9.17, 15) is 9.90 Å². The van der Waals surface area contributed by atoms with Crippen molar-refractivity contribution >= 4 is 23.5 Å². The van der Waals surface area contributed by atoms with Gasteiger partial charge in [0.1, 0.15) is 11.1 Å². The molecule has 1 unspecified atom stereocenters. The maximum absolute atomic E-state index is 11.7. The van der Waals surface area contributed by atoms with Gasteiger partial charge in [-0.05, 0) is 12.5 Å². The van der Waals surface area contributed by atoms with Gasteiger partial charge < -0.3 is 14.7 Å². The van der Waals surface area contributed by atoms with Crippen molar-refractivity contribution in [2.75, 3.05) is 31.2 Å². The maximum atomic E-state index is 11.7. The fourth-order valence-electron chi connectivity index (χ4n) is 2.53. The molecule has 6 nitrogen and oxygen atoms in total. The Morgan fingerprint density at radius 1 is 1.25 bits per heavy atom. The summed E-state index contributed by atoms with van der Waals surface area (Å²) < 4.78 is 5.37. The fourth-order valence-corrected chi connectivity index (χ4v) is 3.47. The summed E-state index contributed by atoms with van der Waals surface area (Å²) in [5.74, 6) is -0.0743. The molecule has 1 saturated heterocycles. The molecule has 0 spiro atoms. The van der Waals surface area contributed by atoms with Crippen LogP contribution >= 0.6 is 11.8 Å². The average molecular weight is 345 g/mol. The minimum Gasteiger partial charge on any atom is -0.480 e. The Kier molecular flexibility index (Phi) is 5.32. The molecule has 1 aromatic carbocycles. The molecule has 1 aliphatic rings. The van der Waals surface area contributed by atoms with E-state index in [0.29, 0.717) is 18.4 Å². The second kappa shape index (κ2) is 7.63. The number of hydrogen-bond acceptors (Lipinski definition) is 6. The van der Waals surface area contributed by atoms with Crippen LogP contribution in [0.1, 0.15) is 16.5 Å². The molecule has 1 N–H and O–H groups in total. The number of aromatic nitrogens is 2. The molecule has 1 aromatic heterocycles. The summed E-state index contributed by atoms with van der Waals surface area (Å²) in [5, 5.41) is 9.32. The number of aryl methyl sites for hydroxylation is 1. The van der Waals surface area contributed by atoms with Crippen LogP contribution in [0.25, 0.3) is 0 Å². The molecule has 1 atom stereocenters. The van der Waals surface area contributed by atoms with Crippen LogP contribution in [0.4, 0.5) is 5.82 Å². The van der Waals surface area contributed by atoms with E-state index in [1.54, 1.807) is 0 Å². The largest absolute Gasteiger partial charge is 0.480 e. The molecule has 1 aliphatic heterocycles. The van der Waals surface area contributed by atoms with E-state index >= 15 is 0 Å². The van der Waals surface area contributed by atoms with Crippen molar-refractivity contribution in [3.63, 3.8) is 0 Å². The zero-order valence-electron chi connectivity index (χ0n) is 13.4. The van der Waals surface area contributed by atoms with Gasteiger partial charge in [-0.1, -0.05) is 42.1 Å². The number of aliphatic carboxylic acids is 1. The third-order valence-electron chi connectivity index (χ3n) is 3.71. The van der Waals surface area contributed by atoms with Gasteiger partial charge in [0.2, 0.25) is 0 Å². The van der Waals surface area contributed by atoms with Crippen molar-refractivity contribution in [3.05, 3.63) is 47.7 Å². The Labute approximate surface area is 144 Å². The molecule has 126 valence electrons. The standard InChI is InChI=1S/C17H19N3O3S/c1-12-11-14(20-7-9-23-10-8-20)19-17(18-12)24-15(16(21)22)13-5-3-2-4-6-13/h2-6,11,15H,7-10H2,1H3,(H,21,22). The molecule has 7 heteroatoms. The van der Waals surface area contributed by atoms with E-state index in [1.165, 1.54) is 0 Å². The number of morpholine rings is 1. The summed E-state index contributed by atoms with van der Waals surface area (Å²) in [7, 11) is 0. The monoisotopic (exact) mass is 345 g/mol. The molecule has 2 aromatic rings. The Balaban J connectivity index is 1.85. The number of carbonyl (C=O) groups is 1. The Morgan fingerprint density at radius 2 is 1.96 bits per heavy atom. The second-order valence-corrected chi connectivity index (χ2v) is 6.57. The van der Waals surface area contributed by atoms with Crippen molar-refractivity contribution in [3.8, 4) is 0 Å². The van der Waals surface area contributed by atoms with Crippen LogP contribution in [0.2, 0.25) is 0 Å². The normalized spacial score (nSPS) is 16.0. The van der Waals surface area contributed by atoms with Crippen LogP contribution in [0.15, 0.2) is 41.6 Å². The van der Waals surface area contributed by atoms with Gasteiger partial charge in [0, 0.05) is 24.8 Å². The van der Waals surface area contributed by atoms with Gasteiger partial charge in [0.15, 0.2) is 5.16 Å². The fraction of sp³-hybridized carbons (Fsp3) is 0.353. The SMILES string of the molecule is Cc1cc(N2CCOCC2)nc(SC(C(=O)O)c2ccccc2)n1. The summed E-state index contributed by atoms with van der Waals surface area (Å²) in [6, 6.07) is 11.1. The molecule has 0 saturated carbocycles. The van der Waals surface area contributed by atoms with Gasteiger partial charge in [-0.25, -0.2) is 9.97 Å². The van der Waals surface area contributed by atoms with Gasteiger partial charge in [-0.3, -0.25) is 4.79 Å². The highest BCUT2D eigenvalue weighted by Gasteiger charge is 2.23. The third kappa shape index (κ3) is 4.04. The van der Waals surface area contributed by atoms with Crippen LogP contribution in [-0.4, -0.2) is 47.3 Å². The first-order valence-electron chi connectivity index (χ1n) is 7.76. The molecule has 0 bridgehead atoms. The van der Waals surface area contributed by atoms with Crippen LogP contribution in [0, 0.1) is 6.92 Å². The molecule has 0 amide bonds. The van der Waals surface area contributed by atoms with E-state index in [0.717, 1.165) is 41.9 Å². The van der Waals surface area contributed by atoms with Crippen LogP contribution in [0.5, 0.6) is 0 Å². The zero-order valence-corrected chi connectivity index (χ0v) is 14.2.